The Kier molecular flexibility index (Phi) is 5.51. The molecule has 146 valence electrons. The second-order valence-electron chi connectivity index (χ2n) is 7.69. The summed E-state index contributed by atoms with van der Waals surface area (Å²) in [4.78, 5) is 32.9. The third kappa shape index (κ3) is 3.57. The summed E-state index contributed by atoms with van der Waals surface area (Å²) in [5, 5.41) is 4.83. The lowest BCUT2D eigenvalue weighted by atomic mass is 9.85. The fourth-order valence-corrected chi connectivity index (χ4v) is 5.13. The largest absolute Gasteiger partial charge is 0.338 e. The lowest BCUT2D eigenvalue weighted by Crippen LogP contribution is -2.42. The van der Waals surface area contributed by atoms with Crippen LogP contribution in [0.3, 0.4) is 0 Å². The van der Waals surface area contributed by atoms with Crippen molar-refractivity contribution in [3.05, 3.63) is 32.2 Å². The third-order valence-electron chi connectivity index (χ3n) is 5.81. The normalized spacial score (nSPS) is 19.9. The molecular weight excluding hydrogens is 360 g/mol. The van der Waals surface area contributed by atoms with Gasteiger partial charge in [0, 0.05) is 20.1 Å². The smallest absolute Gasteiger partial charge is 0.277 e. The van der Waals surface area contributed by atoms with E-state index in [1.807, 2.05) is 32.7 Å². The van der Waals surface area contributed by atoms with Crippen molar-refractivity contribution in [2.24, 2.45) is 13.0 Å². The highest BCUT2D eigenvalue weighted by molar-refractivity contribution is 7.17. The number of hydrogen-bond acceptors (Lipinski definition) is 5. The van der Waals surface area contributed by atoms with Crippen LogP contribution in [0, 0.1) is 26.7 Å². The van der Waals surface area contributed by atoms with E-state index in [2.05, 4.69) is 17.0 Å². The molecule has 2 aromatic rings. The monoisotopic (exact) mass is 388 g/mol. The predicted octanol–water partition coefficient (Wildman–Crippen LogP) is 3.48. The first-order valence-electron chi connectivity index (χ1n) is 9.51. The number of amides is 1. The SMILES string of the molecule is Cc1nc(-c2c(C)c(C)nn(C)c2=O)sc1C(=O)N(C)C1CCCCC1C. The van der Waals surface area contributed by atoms with E-state index in [9.17, 15) is 9.59 Å². The van der Waals surface area contributed by atoms with Gasteiger partial charge >= 0.3 is 0 Å². The third-order valence-corrected chi connectivity index (χ3v) is 6.98. The van der Waals surface area contributed by atoms with Crippen LogP contribution in [-0.4, -0.2) is 38.7 Å². The minimum atomic E-state index is -0.180. The first-order chi connectivity index (χ1) is 12.7. The molecule has 2 aromatic heterocycles. The topological polar surface area (TPSA) is 68.1 Å². The van der Waals surface area contributed by atoms with Crippen molar-refractivity contribution in [2.45, 2.75) is 59.4 Å². The average Bonchev–Trinajstić information content (AvgIpc) is 3.01. The summed E-state index contributed by atoms with van der Waals surface area (Å²) < 4.78 is 1.34. The molecule has 1 aliphatic rings. The van der Waals surface area contributed by atoms with Gasteiger partial charge in [-0.25, -0.2) is 9.67 Å². The van der Waals surface area contributed by atoms with Gasteiger partial charge in [0.25, 0.3) is 11.5 Å². The fourth-order valence-electron chi connectivity index (χ4n) is 3.99. The molecular formula is C20H28N4O2S. The highest BCUT2D eigenvalue weighted by Gasteiger charge is 2.30. The molecule has 2 unspecified atom stereocenters. The molecule has 2 heterocycles. The Morgan fingerprint density at radius 3 is 2.52 bits per heavy atom. The van der Waals surface area contributed by atoms with E-state index >= 15 is 0 Å². The number of thiazole rings is 1. The van der Waals surface area contributed by atoms with Crippen molar-refractivity contribution in [2.75, 3.05) is 7.05 Å². The van der Waals surface area contributed by atoms with E-state index in [0.717, 1.165) is 17.7 Å². The van der Waals surface area contributed by atoms with Gasteiger partial charge in [0.05, 0.1) is 17.0 Å². The molecule has 3 rings (SSSR count). The van der Waals surface area contributed by atoms with Crippen molar-refractivity contribution in [1.82, 2.24) is 19.7 Å². The van der Waals surface area contributed by atoms with Gasteiger partial charge in [-0.05, 0) is 45.1 Å². The predicted molar refractivity (Wildman–Crippen MR) is 108 cm³/mol. The Labute approximate surface area is 164 Å². The maximum Gasteiger partial charge on any atom is 0.277 e. The van der Waals surface area contributed by atoms with Gasteiger partial charge < -0.3 is 4.90 Å². The molecule has 1 saturated carbocycles. The number of aromatic nitrogens is 3. The maximum atomic E-state index is 13.2. The zero-order valence-electron chi connectivity index (χ0n) is 17.0. The van der Waals surface area contributed by atoms with Crippen LogP contribution in [0.1, 0.15) is 59.2 Å². The van der Waals surface area contributed by atoms with Gasteiger partial charge in [0.15, 0.2) is 0 Å². The molecule has 0 radical (unpaired) electrons. The second kappa shape index (κ2) is 7.54. The zero-order valence-corrected chi connectivity index (χ0v) is 17.8. The molecule has 0 aliphatic heterocycles. The minimum absolute atomic E-state index is 0.00950. The van der Waals surface area contributed by atoms with Crippen molar-refractivity contribution in [3.63, 3.8) is 0 Å². The molecule has 1 fully saturated rings. The second-order valence-corrected chi connectivity index (χ2v) is 8.69. The van der Waals surface area contributed by atoms with Gasteiger partial charge in [-0.1, -0.05) is 19.8 Å². The maximum absolute atomic E-state index is 13.2. The van der Waals surface area contributed by atoms with Gasteiger partial charge in [0.1, 0.15) is 9.88 Å². The lowest BCUT2D eigenvalue weighted by Gasteiger charge is -2.36. The van der Waals surface area contributed by atoms with Gasteiger partial charge in [-0.15, -0.1) is 11.3 Å². The van der Waals surface area contributed by atoms with E-state index in [0.29, 0.717) is 27.1 Å². The highest BCUT2D eigenvalue weighted by atomic mass is 32.1. The Hall–Kier alpha value is -2.02. The molecule has 0 N–H and O–H groups in total. The molecule has 2 atom stereocenters. The van der Waals surface area contributed by atoms with Crippen LogP contribution < -0.4 is 5.56 Å². The Balaban J connectivity index is 1.98. The molecule has 6 nitrogen and oxygen atoms in total. The summed E-state index contributed by atoms with van der Waals surface area (Å²) in [5.74, 6) is 0.521. The standard InChI is InChI=1S/C20H28N4O2S/c1-11-9-7-8-10-15(11)23(5)20(26)17-14(4)21-18(27-17)16-12(2)13(3)22-24(6)19(16)25/h11,15H,7-10H2,1-6H3. The van der Waals surface area contributed by atoms with Crippen LogP contribution in [-0.2, 0) is 7.05 Å². The molecule has 7 heteroatoms. The number of rotatable bonds is 3. The van der Waals surface area contributed by atoms with Crippen LogP contribution in [0.4, 0.5) is 0 Å². The van der Waals surface area contributed by atoms with E-state index < -0.39 is 0 Å². The van der Waals surface area contributed by atoms with Crippen LogP contribution in [0.15, 0.2) is 4.79 Å². The summed E-state index contributed by atoms with van der Waals surface area (Å²) in [7, 11) is 3.54. The summed E-state index contributed by atoms with van der Waals surface area (Å²) in [5.41, 5.74) is 2.67. The summed E-state index contributed by atoms with van der Waals surface area (Å²) >= 11 is 1.32. The molecule has 27 heavy (non-hydrogen) atoms. The van der Waals surface area contributed by atoms with E-state index in [1.54, 1.807) is 7.05 Å². The molecule has 1 amide bonds. The number of carbonyl (C=O) groups is 1. The van der Waals surface area contributed by atoms with Crippen LogP contribution in [0.2, 0.25) is 0 Å². The zero-order chi connectivity index (χ0) is 19.9. The van der Waals surface area contributed by atoms with Gasteiger partial charge in [-0.2, -0.15) is 5.10 Å². The Morgan fingerprint density at radius 1 is 1.19 bits per heavy atom. The Bertz CT molecular complexity index is 931. The van der Waals surface area contributed by atoms with Crippen LogP contribution >= 0.6 is 11.3 Å². The number of nitrogens with zero attached hydrogens (tertiary/aromatic N) is 4. The van der Waals surface area contributed by atoms with E-state index in [4.69, 9.17) is 0 Å². The van der Waals surface area contributed by atoms with Gasteiger partial charge in [-0.3, -0.25) is 9.59 Å². The number of carbonyl (C=O) groups excluding carboxylic acids is 1. The molecule has 0 spiro atoms. The number of aryl methyl sites for hydroxylation is 3. The average molecular weight is 389 g/mol. The summed E-state index contributed by atoms with van der Waals surface area (Å²) in [6.45, 7) is 7.83. The molecule has 0 aromatic carbocycles. The molecule has 0 bridgehead atoms. The lowest BCUT2D eigenvalue weighted by molar-refractivity contribution is 0.0633. The van der Waals surface area contributed by atoms with Gasteiger partial charge in [0.2, 0.25) is 0 Å². The van der Waals surface area contributed by atoms with E-state index in [1.165, 1.54) is 35.3 Å². The van der Waals surface area contributed by atoms with Crippen molar-refractivity contribution >= 4 is 17.2 Å². The number of hydrogen-bond donors (Lipinski definition) is 0. The van der Waals surface area contributed by atoms with Crippen molar-refractivity contribution in [1.29, 1.82) is 0 Å². The molecule has 1 aliphatic carbocycles. The Morgan fingerprint density at radius 2 is 1.85 bits per heavy atom. The first-order valence-corrected chi connectivity index (χ1v) is 10.3. The quantitative estimate of drug-likeness (QED) is 0.807. The van der Waals surface area contributed by atoms with E-state index in [-0.39, 0.29) is 17.5 Å². The fraction of sp³-hybridized carbons (Fsp3) is 0.600. The van der Waals surface area contributed by atoms with Crippen molar-refractivity contribution < 1.29 is 4.79 Å². The summed E-state index contributed by atoms with van der Waals surface area (Å²) in [6.07, 6.45) is 4.64. The first kappa shape index (κ1) is 19.7. The van der Waals surface area contributed by atoms with Crippen LogP contribution in [0.5, 0.6) is 0 Å². The van der Waals surface area contributed by atoms with Crippen LogP contribution in [0.25, 0.3) is 10.6 Å². The van der Waals surface area contributed by atoms with Crippen molar-refractivity contribution in [3.8, 4) is 10.6 Å². The minimum Gasteiger partial charge on any atom is -0.338 e. The summed E-state index contributed by atoms with van der Waals surface area (Å²) in [6, 6.07) is 0.272. The highest BCUT2D eigenvalue weighted by Crippen LogP contribution is 2.32. The molecule has 0 saturated heterocycles.